The Morgan fingerprint density at radius 3 is 2.34 bits per heavy atom. The maximum Gasteiger partial charge on any atom is 0.148 e. The van der Waals surface area contributed by atoms with Gasteiger partial charge in [0.05, 0.1) is 10.7 Å². The highest BCUT2D eigenvalue weighted by molar-refractivity contribution is 6.33. The number of benzene rings is 2. The summed E-state index contributed by atoms with van der Waals surface area (Å²) in [4.78, 5) is 2.40. The van der Waals surface area contributed by atoms with Crippen molar-refractivity contribution in [2.45, 2.75) is 12.6 Å². The van der Waals surface area contributed by atoms with Gasteiger partial charge in [0.25, 0.3) is 0 Å². The number of nitrogens with one attached hydrogen (secondary N) is 1. The molecule has 1 aliphatic heterocycles. The minimum Gasteiger partial charge on any atom is -0.365 e. The monoisotopic (exact) mass is 412 g/mol. The topological polar surface area (TPSA) is 41.0 Å². The van der Waals surface area contributed by atoms with Crippen LogP contribution in [0, 0.1) is 23.5 Å². The van der Waals surface area contributed by atoms with Crippen LogP contribution in [0.1, 0.15) is 5.56 Å². The average molecular weight is 413 g/mol. The molecule has 0 radical (unpaired) electrons. The van der Waals surface area contributed by atoms with E-state index in [4.69, 9.17) is 11.6 Å². The van der Waals surface area contributed by atoms with Gasteiger partial charge in [-0.3, -0.25) is 4.90 Å². The second-order valence-electron chi connectivity index (χ2n) is 7.75. The lowest BCUT2D eigenvalue weighted by atomic mass is 10.1. The van der Waals surface area contributed by atoms with Gasteiger partial charge in [-0.15, -0.1) is 10.2 Å². The van der Waals surface area contributed by atoms with Crippen molar-refractivity contribution in [3.63, 3.8) is 0 Å². The first-order chi connectivity index (χ1) is 14.1. The zero-order valence-corrected chi connectivity index (χ0v) is 16.3. The highest BCUT2D eigenvalue weighted by Crippen LogP contribution is 2.47. The molecule has 1 aliphatic carbocycles. The van der Waals surface area contributed by atoms with E-state index in [1.54, 1.807) is 6.07 Å². The van der Waals surface area contributed by atoms with E-state index in [9.17, 15) is 8.78 Å². The molecule has 148 valence electrons. The molecule has 4 nitrogen and oxygen atoms in total. The first-order valence-corrected chi connectivity index (χ1v) is 9.97. The Bertz CT molecular complexity index is 1010. The van der Waals surface area contributed by atoms with Crippen molar-refractivity contribution in [3.8, 4) is 11.3 Å². The molecule has 3 atom stereocenters. The second-order valence-corrected chi connectivity index (χ2v) is 8.15. The number of likely N-dealkylation sites (tertiary alicyclic amines) is 1. The summed E-state index contributed by atoms with van der Waals surface area (Å²) in [5.41, 5.74) is 2.21. The van der Waals surface area contributed by atoms with Crippen LogP contribution in [-0.4, -0.2) is 34.2 Å². The van der Waals surface area contributed by atoms with Crippen LogP contribution < -0.4 is 5.32 Å². The number of anilines is 1. The van der Waals surface area contributed by atoms with Gasteiger partial charge in [0.15, 0.2) is 0 Å². The fraction of sp³-hybridized carbons (Fsp3) is 0.273. The van der Waals surface area contributed by atoms with Gasteiger partial charge in [-0.2, -0.15) is 0 Å². The Kier molecular flexibility index (Phi) is 4.68. The highest BCUT2D eigenvalue weighted by atomic mass is 35.5. The van der Waals surface area contributed by atoms with E-state index in [1.807, 2.05) is 18.2 Å². The molecule has 2 aliphatic rings. The van der Waals surface area contributed by atoms with Gasteiger partial charge in [-0.1, -0.05) is 23.7 Å². The number of fused-ring (bicyclic) bond motifs is 1. The fourth-order valence-corrected chi connectivity index (χ4v) is 4.44. The number of halogens is 3. The van der Waals surface area contributed by atoms with Crippen molar-refractivity contribution >= 4 is 17.4 Å². The van der Waals surface area contributed by atoms with Crippen molar-refractivity contribution < 1.29 is 8.78 Å². The van der Waals surface area contributed by atoms with Crippen molar-refractivity contribution in [1.29, 1.82) is 0 Å². The minimum atomic E-state index is -0.357. The average Bonchev–Trinajstić information content (AvgIpc) is 3.16. The smallest absolute Gasteiger partial charge is 0.148 e. The zero-order valence-electron chi connectivity index (χ0n) is 15.5. The van der Waals surface area contributed by atoms with Crippen molar-refractivity contribution in [2.75, 3.05) is 18.4 Å². The zero-order chi connectivity index (χ0) is 20.0. The fourth-order valence-electron chi connectivity index (χ4n) is 4.22. The van der Waals surface area contributed by atoms with Crippen LogP contribution in [0.25, 0.3) is 11.3 Å². The van der Waals surface area contributed by atoms with E-state index in [1.165, 1.54) is 30.3 Å². The molecule has 1 saturated heterocycles. The Morgan fingerprint density at radius 2 is 1.66 bits per heavy atom. The van der Waals surface area contributed by atoms with E-state index in [2.05, 4.69) is 20.4 Å². The molecular formula is C22H19ClF2N4. The van der Waals surface area contributed by atoms with E-state index >= 15 is 0 Å². The quantitative estimate of drug-likeness (QED) is 0.664. The summed E-state index contributed by atoms with van der Waals surface area (Å²) in [5.74, 6) is 1.34. The molecule has 1 N–H and O–H groups in total. The minimum absolute atomic E-state index is 0.200. The summed E-state index contributed by atoms with van der Waals surface area (Å²) in [6.07, 6.45) is 0. The molecule has 5 rings (SSSR count). The van der Waals surface area contributed by atoms with Gasteiger partial charge in [-0.05, 0) is 59.9 Å². The van der Waals surface area contributed by atoms with Gasteiger partial charge in [-0.25, -0.2) is 8.78 Å². The van der Waals surface area contributed by atoms with Crippen LogP contribution in [0.15, 0.2) is 54.6 Å². The summed E-state index contributed by atoms with van der Waals surface area (Å²) >= 11 is 6.14. The second kappa shape index (κ2) is 7.35. The van der Waals surface area contributed by atoms with Crippen LogP contribution in [0.4, 0.5) is 14.6 Å². The first-order valence-electron chi connectivity index (χ1n) is 9.59. The van der Waals surface area contributed by atoms with E-state index in [0.717, 1.165) is 25.2 Å². The molecule has 0 amide bonds. The van der Waals surface area contributed by atoms with Crippen LogP contribution in [-0.2, 0) is 6.54 Å². The van der Waals surface area contributed by atoms with Gasteiger partial charge in [0, 0.05) is 31.2 Å². The lowest BCUT2D eigenvalue weighted by molar-refractivity contribution is 0.292. The number of hydrogen-bond acceptors (Lipinski definition) is 4. The molecule has 2 heterocycles. The lowest BCUT2D eigenvalue weighted by Crippen LogP contribution is -2.27. The Balaban J connectivity index is 1.17. The van der Waals surface area contributed by atoms with E-state index < -0.39 is 0 Å². The largest absolute Gasteiger partial charge is 0.365 e. The van der Waals surface area contributed by atoms with Crippen LogP contribution >= 0.6 is 11.6 Å². The molecule has 1 saturated carbocycles. The van der Waals surface area contributed by atoms with E-state index in [-0.39, 0.29) is 11.6 Å². The Morgan fingerprint density at radius 1 is 0.931 bits per heavy atom. The van der Waals surface area contributed by atoms with E-state index in [0.29, 0.717) is 40.0 Å². The molecule has 2 fully saturated rings. The van der Waals surface area contributed by atoms with Crippen LogP contribution in [0.3, 0.4) is 0 Å². The molecule has 7 heteroatoms. The Hall–Kier alpha value is -2.57. The maximum absolute atomic E-state index is 13.5. The summed E-state index contributed by atoms with van der Waals surface area (Å²) in [6.45, 7) is 2.89. The number of rotatable bonds is 5. The van der Waals surface area contributed by atoms with Crippen LogP contribution in [0.5, 0.6) is 0 Å². The molecule has 1 aromatic heterocycles. The SMILES string of the molecule is Fc1ccc(CN2C[C@@H]3[C@H](C2)[C@H]3Nc2ccc(-c3cc(F)ccc3Cl)nn2)cc1. The molecule has 29 heavy (non-hydrogen) atoms. The van der Waals surface area contributed by atoms with Crippen molar-refractivity contribution in [1.82, 2.24) is 15.1 Å². The number of aromatic nitrogens is 2. The third-order valence-corrected chi connectivity index (χ3v) is 6.10. The summed E-state index contributed by atoms with van der Waals surface area (Å²) in [5, 5.41) is 12.3. The molecule has 2 aromatic carbocycles. The third kappa shape index (κ3) is 3.82. The Labute approximate surface area is 172 Å². The summed E-state index contributed by atoms with van der Waals surface area (Å²) < 4.78 is 26.5. The third-order valence-electron chi connectivity index (χ3n) is 5.77. The standard InChI is InChI=1S/C22H19ClF2N4/c23-19-6-5-15(25)9-16(19)20-7-8-21(28-27-20)26-22-17-11-29(12-18(17)22)10-13-1-3-14(24)4-2-13/h1-9,17-18,22H,10-12H2,(H,26,28)/t17-,18+,22+. The predicted molar refractivity (Wildman–Crippen MR) is 109 cm³/mol. The normalized spacial score (nSPS) is 23.1. The molecule has 0 unspecified atom stereocenters. The molecule has 0 spiro atoms. The number of nitrogens with zero attached hydrogens (tertiary/aromatic N) is 3. The highest BCUT2D eigenvalue weighted by Gasteiger charge is 2.55. The molecule has 0 bridgehead atoms. The molecular weight excluding hydrogens is 394 g/mol. The van der Waals surface area contributed by atoms with Crippen LogP contribution in [0.2, 0.25) is 5.02 Å². The first kappa shape index (κ1) is 18.5. The van der Waals surface area contributed by atoms with Crippen molar-refractivity contribution in [3.05, 3.63) is 76.8 Å². The van der Waals surface area contributed by atoms with Crippen molar-refractivity contribution in [2.24, 2.45) is 11.8 Å². The van der Waals surface area contributed by atoms with Gasteiger partial charge in [0.2, 0.25) is 0 Å². The lowest BCUT2D eigenvalue weighted by Gasteiger charge is -2.20. The summed E-state index contributed by atoms with van der Waals surface area (Å²) in [7, 11) is 0. The van der Waals surface area contributed by atoms with Gasteiger partial charge < -0.3 is 5.32 Å². The predicted octanol–water partition coefficient (Wildman–Crippen LogP) is 4.62. The molecule has 3 aromatic rings. The summed E-state index contributed by atoms with van der Waals surface area (Å²) in [6, 6.07) is 15.0. The van der Waals surface area contributed by atoms with Gasteiger partial charge in [0.1, 0.15) is 17.5 Å². The maximum atomic E-state index is 13.5. The van der Waals surface area contributed by atoms with Gasteiger partial charge >= 0.3 is 0 Å². The number of piperidine rings is 1. The number of hydrogen-bond donors (Lipinski definition) is 1.